The van der Waals surface area contributed by atoms with Crippen LogP contribution in [0.1, 0.15) is 97.3 Å². The van der Waals surface area contributed by atoms with Crippen LogP contribution >= 0.6 is 0 Å². The summed E-state index contributed by atoms with van der Waals surface area (Å²) in [7, 11) is 0. The minimum absolute atomic E-state index is 0.0734. The molecular weight excluding hydrogens is 264 g/mol. The third kappa shape index (κ3) is 17.4. The lowest BCUT2D eigenvalue weighted by Gasteiger charge is -2.10. The first kappa shape index (κ1) is 20.4. The molecule has 0 aromatic carbocycles. The first-order valence-corrected chi connectivity index (χ1v) is 9.00. The highest BCUT2D eigenvalue weighted by atomic mass is 16.5. The van der Waals surface area contributed by atoms with Crippen LogP contribution in [-0.2, 0) is 9.53 Å². The Morgan fingerprint density at radius 3 is 1.71 bits per heavy atom. The molecule has 0 aromatic heterocycles. The Balaban J connectivity index is 3.10. The van der Waals surface area contributed by atoms with Crippen molar-refractivity contribution in [2.45, 2.75) is 103 Å². The van der Waals surface area contributed by atoms with E-state index in [1.165, 1.54) is 70.6 Å². The van der Waals surface area contributed by atoms with Gasteiger partial charge in [0.2, 0.25) is 0 Å². The number of rotatable bonds is 16. The number of hydrogen-bond donors (Lipinski definition) is 1. The maximum Gasteiger partial charge on any atom is 0.329 e. The van der Waals surface area contributed by atoms with Crippen molar-refractivity contribution in [3.05, 3.63) is 0 Å². The van der Waals surface area contributed by atoms with E-state index in [4.69, 9.17) is 9.84 Å². The van der Waals surface area contributed by atoms with Gasteiger partial charge < -0.3 is 9.84 Å². The van der Waals surface area contributed by atoms with Gasteiger partial charge in [-0.15, -0.1) is 0 Å². The second-order valence-electron chi connectivity index (χ2n) is 6.19. The van der Waals surface area contributed by atoms with Crippen molar-refractivity contribution in [1.82, 2.24) is 0 Å². The molecule has 0 aliphatic rings. The standard InChI is InChI=1S/C18H36O3/c1-3-4-5-6-7-8-9-10-11-12-13-14-15-17(2)21-16-18(19)20/h17H,3-16H2,1-2H3,(H,19,20). The molecule has 0 aliphatic carbocycles. The van der Waals surface area contributed by atoms with Crippen LogP contribution < -0.4 is 0 Å². The molecule has 1 N–H and O–H groups in total. The lowest BCUT2D eigenvalue weighted by molar-refractivity contribution is -0.144. The van der Waals surface area contributed by atoms with Crippen LogP contribution in [0.2, 0.25) is 0 Å². The van der Waals surface area contributed by atoms with E-state index in [9.17, 15) is 4.79 Å². The summed E-state index contributed by atoms with van der Waals surface area (Å²) >= 11 is 0. The van der Waals surface area contributed by atoms with Crippen LogP contribution in [0.25, 0.3) is 0 Å². The van der Waals surface area contributed by atoms with E-state index in [1.54, 1.807) is 0 Å². The molecule has 0 radical (unpaired) electrons. The fourth-order valence-electron chi connectivity index (χ4n) is 2.57. The third-order valence-electron chi connectivity index (χ3n) is 3.96. The summed E-state index contributed by atoms with van der Waals surface area (Å²) in [6, 6.07) is 0. The Labute approximate surface area is 131 Å². The zero-order chi connectivity index (χ0) is 15.8. The number of ether oxygens (including phenoxy) is 1. The molecular formula is C18H36O3. The van der Waals surface area contributed by atoms with Gasteiger partial charge in [0, 0.05) is 0 Å². The van der Waals surface area contributed by atoms with Crippen LogP contribution in [0.15, 0.2) is 0 Å². The van der Waals surface area contributed by atoms with E-state index < -0.39 is 5.97 Å². The largest absolute Gasteiger partial charge is 0.480 e. The molecule has 0 saturated heterocycles. The monoisotopic (exact) mass is 300 g/mol. The fraction of sp³-hybridized carbons (Fsp3) is 0.944. The van der Waals surface area contributed by atoms with Gasteiger partial charge in [-0.2, -0.15) is 0 Å². The predicted molar refractivity (Wildman–Crippen MR) is 88.7 cm³/mol. The highest BCUT2D eigenvalue weighted by Crippen LogP contribution is 2.13. The number of hydrogen-bond acceptors (Lipinski definition) is 2. The quantitative estimate of drug-likeness (QED) is 0.379. The number of aliphatic carboxylic acids is 1. The molecule has 1 unspecified atom stereocenters. The van der Waals surface area contributed by atoms with E-state index in [1.807, 2.05) is 6.92 Å². The summed E-state index contributed by atoms with van der Waals surface area (Å²) in [6.45, 7) is 4.06. The van der Waals surface area contributed by atoms with Gasteiger partial charge in [0.1, 0.15) is 6.61 Å². The summed E-state index contributed by atoms with van der Waals surface area (Å²) < 4.78 is 5.20. The predicted octanol–water partition coefficient (Wildman–Crippen LogP) is 5.57. The van der Waals surface area contributed by atoms with E-state index in [0.29, 0.717) is 0 Å². The van der Waals surface area contributed by atoms with Crippen molar-refractivity contribution >= 4 is 5.97 Å². The first-order chi connectivity index (χ1) is 10.2. The number of carbonyl (C=O) groups is 1. The highest BCUT2D eigenvalue weighted by Gasteiger charge is 2.04. The van der Waals surface area contributed by atoms with Crippen LogP contribution in [0, 0.1) is 0 Å². The Morgan fingerprint density at radius 2 is 1.29 bits per heavy atom. The molecule has 3 heteroatoms. The third-order valence-corrected chi connectivity index (χ3v) is 3.96. The summed E-state index contributed by atoms with van der Waals surface area (Å²) in [5, 5.41) is 8.51. The van der Waals surface area contributed by atoms with Crippen molar-refractivity contribution in [2.24, 2.45) is 0 Å². The van der Waals surface area contributed by atoms with Gasteiger partial charge in [0.15, 0.2) is 0 Å². The van der Waals surface area contributed by atoms with Gasteiger partial charge in [-0.1, -0.05) is 84.0 Å². The fourth-order valence-corrected chi connectivity index (χ4v) is 2.57. The van der Waals surface area contributed by atoms with Crippen molar-refractivity contribution in [3.63, 3.8) is 0 Å². The number of unbranched alkanes of at least 4 members (excludes halogenated alkanes) is 11. The minimum Gasteiger partial charge on any atom is -0.480 e. The van der Waals surface area contributed by atoms with Crippen LogP contribution in [0.4, 0.5) is 0 Å². The van der Waals surface area contributed by atoms with Gasteiger partial charge in [-0.3, -0.25) is 0 Å². The molecule has 0 fully saturated rings. The zero-order valence-corrected chi connectivity index (χ0v) is 14.2. The molecule has 0 aromatic rings. The van der Waals surface area contributed by atoms with Gasteiger partial charge in [0.25, 0.3) is 0 Å². The normalized spacial score (nSPS) is 12.5. The van der Waals surface area contributed by atoms with Gasteiger partial charge >= 0.3 is 5.97 Å². The van der Waals surface area contributed by atoms with E-state index in [2.05, 4.69) is 6.92 Å². The van der Waals surface area contributed by atoms with Crippen LogP contribution in [-0.4, -0.2) is 23.8 Å². The lowest BCUT2D eigenvalue weighted by atomic mass is 10.0. The summed E-state index contributed by atoms with van der Waals surface area (Å²) in [5.74, 6) is -0.878. The van der Waals surface area contributed by atoms with Gasteiger partial charge in [0.05, 0.1) is 6.10 Å². The van der Waals surface area contributed by atoms with E-state index >= 15 is 0 Å². The minimum atomic E-state index is -0.878. The summed E-state index contributed by atoms with van der Waals surface area (Å²) in [4.78, 5) is 10.4. The molecule has 1 atom stereocenters. The maximum atomic E-state index is 10.4. The molecule has 126 valence electrons. The van der Waals surface area contributed by atoms with Crippen molar-refractivity contribution in [1.29, 1.82) is 0 Å². The summed E-state index contributed by atoms with van der Waals surface area (Å²) in [5.41, 5.74) is 0. The Bertz CT molecular complexity index is 229. The smallest absolute Gasteiger partial charge is 0.329 e. The van der Waals surface area contributed by atoms with Gasteiger partial charge in [-0.25, -0.2) is 4.79 Å². The average Bonchev–Trinajstić information content (AvgIpc) is 2.46. The molecule has 0 bridgehead atoms. The second kappa shape index (κ2) is 15.8. The first-order valence-electron chi connectivity index (χ1n) is 9.00. The lowest BCUT2D eigenvalue weighted by Crippen LogP contribution is -2.14. The number of carboxylic acids is 1. The molecule has 0 heterocycles. The Hall–Kier alpha value is -0.570. The Kier molecular flexibility index (Phi) is 15.4. The van der Waals surface area contributed by atoms with E-state index in [0.717, 1.165) is 12.8 Å². The highest BCUT2D eigenvalue weighted by molar-refractivity contribution is 5.68. The number of carboxylic acid groups (broad SMARTS) is 1. The van der Waals surface area contributed by atoms with Crippen molar-refractivity contribution in [2.75, 3.05) is 6.61 Å². The zero-order valence-electron chi connectivity index (χ0n) is 14.2. The maximum absolute atomic E-state index is 10.4. The van der Waals surface area contributed by atoms with Crippen LogP contribution in [0.5, 0.6) is 0 Å². The van der Waals surface area contributed by atoms with Crippen molar-refractivity contribution < 1.29 is 14.6 Å². The molecule has 0 aliphatic heterocycles. The molecule has 3 nitrogen and oxygen atoms in total. The molecule has 0 rings (SSSR count). The SMILES string of the molecule is CCCCCCCCCCCCCCC(C)OCC(=O)O. The van der Waals surface area contributed by atoms with Crippen LogP contribution in [0.3, 0.4) is 0 Å². The van der Waals surface area contributed by atoms with E-state index in [-0.39, 0.29) is 12.7 Å². The average molecular weight is 300 g/mol. The topological polar surface area (TPSA) is 46.5 Å². The second-order valence-corrected chi connectivity index (χ2v) is 6.19. The molecule has 0 amide bonds. The molecule has 0 saturated carbocycles. The Morgan fingerprint density at radius 1 is 0.857 bits per heavy atom. The van der Waals surface area contributed by atoms with Gasteiger partial charge in [-0.05, 0) is 13.3 Å². The van der Waals surface area contributed by atoms with Crippen molar-refractivity contribution in [3.8, 4) is 0 Å². The summed E-state index contributed by atoms with van der Waals surface area (Å²) in [6.07, 6.45) is 17.3. The molecule has 21 heavy (non-hydrogen) atoms. The molecule has 0 spiro atoms.